The van der Waals surface area contributed by atoms with E-state index < -0.39 is 11.5 Å². The fourth-order valence-electron chi connectivity index (χ4n) is 2.91. The minimum absolute atomic E-state index is 0.0355. The quantitative estimate of drug-likeness (QED) is 0.778. The predicted molar refractivity (Wildman–Crippen MR) is 66.6 cm³/mol. The zero-order valence-electron chi connectivity index (χ0n) is 11.1. The van der Waals surface area contributed by atoms with Gasteiger partial charge in [-0.05, 0) is 39.8 Å². The topological polar surface area (TPSA) is 67.6 Å². The van der Waals surface area contributed by atoms with E-state index in [4.69, 9.17) is 0 Å². The van der Waals surface area contributed by atoms with Crippen LogP contribution in [0.2, 0.25) is 0 Å². The predicted octanol–water partition coefficient (Wildman–Crippen LogP) is 0.204. The number of likely N-dealkylation sites (N-methyl/N-ethyl adjacent to an activating group) is 1. The van der Waals surface area contributed by atoms with E-state index in [1.807, 2.05) is 19.0 Å². The second-order valence-electron chi connectivity index (χ2n) is 5.81. The van der Waals surface area contributed by atoms with Gasteiger partial charge in [0.25, 0.3) is 0 Å². The molecule has 0 spiro atoms. The van der Waals surface area contributed by atoms with Crippen LogP contribution < -0.4 is 0 Å². The van der Waals surface area contributed by atoms with Gasteiger partial charge in [0.2, 0.25) is 5.91 Å². The van der Waals surface area contributed by atoms with Crippen molar-refractivity contribution in [1.82, 2.24) is 9.80 Å². The Hall–Kier alpha value is -1.12. The van der Waals surface area contributed by atoms with Gasteiger partial charge in [-0.3, -0.25) is 4.79 Å². The summed E-state index contributed by atoms with van der Waals surface area (Å²) in [6.45, 7) is 1.12. The zero-order chi connectivity index (χ0) is 13.3. The molecule has 1 heterocycles. The van der Waals surface area contributed by atoms with Crippen molar-refractivity contribution in [3.05, 3.63) is 0 Å². The number of carbonyl (C=O) groups is 1. The SMILES string of the molecule is CN(C)CC1CC(O)CN1C(=O)C1(C#N)CCC1. The summed E-state index contributed by atoms with van der Waals surface area (Å²) in [6.07, 6.45) is 2.46. The molecule has 1 saturated heterocycles. The van der Waals surface area contributed by atoms with Gasteiger partial charge in [-0.2, -0.15) is 5.26 Å². The molecule has 18 heavy (non-hydrogen) atoms. The number of hydrogen-bond donors (Lipinski definition) is 1. The van der Waals surface area contributed by atoms with E-state index in [1.165, 1.54) is 0 Å². The Kier molecular flexibility index (Phi) is 3.60. The third-order valence-corrected chi connectivity index (χ3v) is 4.06. The lowest BCUT2D eigenvalue weighted by molar-refractivity contribution is -0.144. The summed E-state index contributed by atoms with van der Waals surface area (Å²) in [6, 6.07) is 2.23. The molecule has 2 aliphatic rings. The van der Waals surface area contributed by atoms with Crippen molar-refractivity contribution >= 4 is 5.91 Å². The second kappa shape index (κ2) is 4.87. The van der Waals surface area contributed by atoms with Crippen LogP contribution in [0.15, 0.2) is 0 Å². The van der Waals surface area contributed by atoms with Crippen molar-refractivity contribution in [3.63, 3.8) is 0 Å². The van der Waals surface area contributed by atoms with Gasteiger partial charge >= 0.3 is 0 Å². The zero-order valence-corrected chi connectivity index (χ0v) is 11.1. The Balaban J connectivity index is 2.10. The highest BCUT2D eigenvalue weighted by Crippen LogP contribution is 2.43. The average Bonchev–Trinajstić information content (AvgIpc) is 2.57. The van der Waals surface area contributed by atoms with Gasteiger partial charge in [-0.1, -0.05) is 0 Å². The largest absolute Gasteiger partial charge is 0.391 e. The molecular formula is C13H21N3O2. The summed E-state index contributed by atoms with van der Waals surface area (Å²) in [7, 11) is 3.91. The first-order valence-electron chi connectivity index (χ1n) is 6.53. The molecule has 2 atom stereocenters. The number of β-amino-alcohol motifs (C(OH)–C–C–N with tert-alkyl or cyclic N) is 1. The van der Waals surface area contributed by atoms with Crippen LogP contribution >= 0.6 is 0 Å². The molecule has 0 aromatic carbocycles. The lowest BCUT2D eigenvalue weighted by atomic mass is 9.69. The number of likely N-dealkylation sites (tertiary alicyclic amines) is 1. The van der Waals surface area contributed by atoms with Crippen LogP contribution in [0.5, 0.6) is 0 Å². The van der Waals surface area contributed by atoms with Crippen molar-refractivity contribution in [2.45, 2.75) is 37.8 Å². The van der Waals surface area contributed by atoms with E-state index in [9.17, 15) is 15.2 Å². The Morgan fingerprint density at radius 3 is 2.67 bits per heavy atom. The molecule has 1 N–H and O–H groups in total. The average molecular weight is 251 g/mol. The number of aliphatic hydroxyl groups is 1. The third-order valence-electron chi connectivity index (χ3n) is 4.06. The van der Waals surface area contributed by atoms with E-state index in [0.717, 1.165) is 13.0 Å². The highest BCUT2D eigenvalue weighted by atomic mass is 16.3. The molecule has 0 aromatic heterocycles. The minimum atomic E-state index is -0.797. The Labute approximate surface area is 108 Å². The van der Waals surface area contributed by atoms with Gasteiger partial charge in [0.15, 0.2) is 0 Å². The van der Waals surface area contributed by atoms with Crippen LogP contribution in [0, 0.1) is 16.7 Å². The monoisotopic (exact) mass is 251 g/mol. The van der Waals surface area contributed by atoms with E-state index in [0.29, 0.717) is 25.8 Å². The van der Waals surface area contributed by atoms with Gasteiger partial charge in [-0.25, -0.2) is 0 Å². The molecule has 2 unspecified atom stereocenters. The number of hydrogen-bond acceptors (Lipinski definition) is 4. The van der Waals surface area contributed by atoms with Crippen LogP contribution in [-0.2, 0) is 4.79 Å². The van der Waals surface area contributed by atoms with Crippen molar-refractivity contribution in [2.24, 2.45) is 5.41 Å². The standard InChI is InChI=1S/C13H21N3O2/c1-15(2)7-10-6-11(17)8-16(10)12(18)13(9-14)4-3-5-13/h10-11,17H,3-8H2,1-2H3. The highest BCUT2D eigenvalue weighted by molar-refractivity contribution is 5.87. The van der Waals surface area contributed by atoms with Crippen LogP contribution in [0.4, 0.5) is 0 Å². The number of nitrogens with zero attached hydrogens (tertiary/aromatic N) is 3. The van der Waals surface area contributed by atoms with Crippen LogP contribution in [0.25, 0.3) is 0 Å². The Morgan fingerprint density at radius 1 is 1.56 bits per heavy atom. The first-order chi connectivity index (χ1) is 8.48. The van der Waals surface area contributed by atoms with E-state index in [-0.39, 0.29) is 11.9 Å². The molecule has 5 heteroatoms. The first-order valence-corrected chi connectivity index (χ1v) is 6.53. The molecule has 5 nitrogen and oxygen atoms in total. The summed E-state index contributed by atoms with van der Waals surface area (Å²) in [5, 5.41) is 19.0. The Bertz CT molecular complexity index is 371. The highest BCUT2D eigenvalue weighted by Gasteiger charge is 2.50. The van der Waals surface area contributed by atoms with Crippen molar-refractivity contribution < 1.29 is 9.90 Å². The first kappa shape index (κ1) is 13.3. The van der Waals surface area contributed by atoms with Crippen molar-refractivity contribution in [1.29, 1.82) is 5.26 Å². The maximum absolute atomic E-state index is 12.5. The molecule has 1 aliphatic heterocycles. The minimum Gasteiger partial charge on any atom is -0.391 e. The third kappa shape index (κ3) is 2.23. The van der Waals surface area contributed by atoms with E-state index in [2.05, 4.69) is 6.07 Å². The molecule has 1 saturated carbocycles. The van der Waals surface area contributed by atoms with Crippen molar-refractivity contribution in [2.75, 3.05) is 27.2 Å². The molecule has 1 aliphatic carbocycles. The number of amides is 1. The number of rotatable bonds is 3. The van der Waals surface area contributed by atoms with Gasteiger partial charge < -0.3 is 14.9 Å². The molecule has 0 radical (unpaired) electrons. The molecule has 2 rings (SSSR count). The lowest BCUT2D eigenvalue weighted by Gasteiger charge is -2.39. The van der Waals surface area contributed by atoms with Gasteiger partial charge in [-0.15, -0.1) is 0 Å². The summed E-state index contributed by atoms with van der Waals surface area (Å²) >= 11 is 0. The van der Waals surface area contributed by atoms with Gasteiger partial charge in [0, 0.05) is 19.1 Å². The van der Waals surface area contributed by atoms with E-state index >= 15 is 0 Å². The fraction of sp³-hybridized carbons (Fsp3) is 0.846. The summed E-state index contributed by atoms with van der Waals surface area (Å²) in [4.78, 5) is 16.2. The number of aliphatic hydroxyl groups excluding tert-OH is 1. The maximum atomic E-state index is 12.5. The van der Waals surface area contributed by atoms with E-state index in [1.54, 1.807) is 4.90 Å². The molecule has 2 fully saturated rings. The fourth-order valence-corrected chi connectivity index (χ4v) is 2.91. The number of nitriles is 1. The maximum Gasteiger partial charge on any atom is 0.243 e. The molecule has 1 amide bonds. The van der Waals surface area contributed by atoms with Crippen molar-refractivity contribution in [3.8, 4) is 6.07 Å². The molecular weight excluding hydrogens is 230 g/mol. The smallest absolute Gasteiger partial charge is 0.243 e. The second-order valence-corrected chi connectivity index (χ2v) is 5.81. The van der Waals surface area contributed by atoms with Crippen LogP contribution in [0.3, 0.4) is 0 Å². The normalized spacial score (nSPS) is 30.1. The van der Waals surface area contributed by atoms with Gasteiger partial charge in [0.1, 0.15) is 5.41 Å². The number of carbonyl (C=O) groups excluding carboxylic acids is 1. The summed E-state index contributed by atoms with van der Waals surface area (Å²) in [5.74, 6) is -0.0698. The van der Waals surface area contributed by atoms with Crippen LogP contribution in [-0.4, -0.2) is 60.1 Å². The Morgan fingerprint density at radius 2 is 2.22 bits per heavy atom. The summed E-state index contributed by atoms with van der Waals surface area (Å²) < 4.78 is 0. The lowest BCUT2D eigenvalue weighted by Crippen LogP contribution is -2.51. The molecule has 100 valence electrons. The van der Waals surface area contributed by atoms with Crippen LogP contribution in [0.1, 0.15) is 25.7 Å². The summed E-state index contributed by atoms with van der Waals surface area (Å²) in [5.41, 5.74) is -0.797. The van der Waals surface area contributed by atoms with Gasteiger partial charge in [0.05, 0.1) is 12.2 Å². The molecule has 0 aromatic rings. The molecule has 0 bridgehead atoms.